The second-order valence-corrected chi connectivity index (χ2v) is 10.2. The Morgan fingerprint density at radius 1 is 0.846 bits per heavy atom. The Morgan fingerprint density at radius 3 is 2.33 bits per heavy atom. The molecule has 2 saturated heterocycles. The Kier molecular flexibility index (Phi) is 6.81. The topological polar surface area (TPSA) is 72.2 Å². The third-order valence-corrected chi connectivity index (χ3v) is 7.56. The number of benzene rings is 3. The lowest BCUT2D eigenvalue weighted by molar-refractivity contribution is -0.126. The number of fused-ring (bicyclic) bond motifs is 1. The van der Waals surface area contributed by atoms with Gasteiger partial charge in [0.15, 0.2) is 6.10 Å². The third kappa shape index (κ3) is 4.56. The van der Waals surface area contributed by atoms with E-state index in [2.05, 4.69) is 0 Å². The van der Waals surface area contributed by atoms with Gasteiger partial charge in [-0.1, -0.05) is 48.3 Å². The van der Waals surface area contributed by atoms with Crippen molar-refractivity contribution in [3.05, 3.63) is 101 Å². The van der Waals surface area contributed by atoms with Gasteiger partial charge in [0.2, 0.25) is 5.91 Å². The van der Waals surface area contributed by atoms with Gasteiger partial charge in [-0.15, -0.1) is 0 Å². The number of nitrogens with zero attached hydrogens (tertiary/aromatic N) is 2. The summed E-state index contributed by atoms with van der Waals surface area (Å²) in [5, 5.41) is 2.44. The summed E-state index contributed by atoms with van der Waals surface area (Å²) in [7, 11) is 0. The number of halogens is 2. The van der Waals surface area contributed by atoms with Crippen LogP contribution in [0.3, 0.4) is 0 Å². The first-order valence-electron chi connectivity index (χ1n) is 12.6. The molecule has 39 heavy (non-hydrogen) atoms. The van der Waals surface area contributed by atoms with Gasteiger partial charge in [0.05, 0.1) is 28.0 Å². The van der Waals surface area contributed by atoms with Crippen molar-refractivity contribution in [3.63, 3.8) is 0 Å². The minimum absolute atomic E-state index is 0.358. The first-order valence-corrected chi connectivity index (χ1v) is 13.4. The molecular weight excluding hydrogens is 539 g/mol. The number of carbonyl (C=O) groups excluding carboxylic acids is 2. The van der Waals surface area contributed by atoms with Gasteiger partial charge in [0, 0.05) is 5.56 Å². The number of imide groups is 1. The van der Waals surface area contributed by atoms with Crippen LogP contribution in [0.15, 0.2) is 89.3 Å². The van der Waals surface area contributed by atoms with Gasteiger partial charge in [0.1, 0.15) is 29.2 Å². The number of hydroxylamine groups is 1. The molecule has 3 aromatic carbocycles. The fourth-order valence-corrected chi connectivity index (χ4v) is 5.28. The molecule has 0 radical (unpaired) electrons. The molecule has 3 atom stereocenters. The maximum atomic E-state index is 13.9. The van der Waals surface area contributed by atoms with Gasteiger partial charge in [0.25, 0.3) is 5.91 Å². The van der Waals surface area contributed by atoms with E-state index < -0.39 is 24.0 Å². The Balaban J connectivity index is 1.36. The minimum Gasteiger partial charge on any atom is -0.494 e. The second kappa shape index (κ2) is 10.4. The summed E-state index contributed by atoms with van der Waals surface area (Å²) >= 11 is 12.3. The largest absolute Gasteiger partial charge is 0.494 e. The highest BCUT2D eigenvalue weighted by atomic mass is 35.5. The Labute approximate surface area is 235 Å². The zero-order valence-corrected chi connectivity index (χ0v) is 22.4. The van der Waals surface area contributed by atoms with Crippen molar-refractivity contribution in [1.82, 2.24) is 0 Å². The smallest absolute Gasteiger partial charge is 0.266 e. The average molecular weight is 563 g/mol. The lowest BCUT2D eigenvalue weighted by Crippen LogP contribution is -2.37. The molecule has 0 saturated carbocycles. The molecule has 6 rings (SSSR count). The van der Waals surface area contributed by atoms with E-state index in [-0.39, 0.29) is 5.91 Å². The van der Waals surface area contributed by atoms with Crippen molar-refractivity contribution < 1.29 is 23.6 Å². The monoisotopic (exact) mass is 562 g/mol. The molecule has 9 heteroatoms. The van der Waals surface area contributed by atoms with Crippen LogP contribution in [-0.2, 0) is 14.4 Å². The summed E-state index contributed by atoms with van der Waals surface area (Å²) in [5.74, 6) is 0.112. The fraction of sp³-hybridized carbons (Fsp3) is 0.200. The lowest BCUT2D eigenvalue weighted by atomic mass is 9.94. The van der Waals surface area contributed by atoms with E-state index in [0.717, 1.165) is 12.0 Å². The van der Waals surface area contributed by atoms with Crippen molar-refractivity contribution in [1.29, 1.82) is 0 Å². The average Bonchev–Trinajstić information content (AvgIpc) is 3.65. The van der Waals surface area contributed by atoms with Gasteiger partial charge < -0.3 is 9.15 Å². The van der Waals surface area contributed by atoms with Crippen molar-refractivity contribution in [2.24, 2.45) is 5.92 Å². The van der Waals surface area contributed by atoms with Crippen LogP contribution in [0.2, 0.25) is 10.0 Å². The number of rotatable bonds is 7. The van der Waals surface area contributed by atoms with Gasteiger partial charge in [-0.2, -0.15) is 0 Å². The summed E-state index contributed by atoms with van der Waals surface area (Å²) < 4.78 is 11.9. The predicted octanol–water partition coefficient (Wildman–Crippen LogP) is 7.09. The molecule has 0 aliphatic carbocycles. The predicted molar refractivity (Wildman–Crippen MR) is 149 cm³/mol. The van der Waals surface area contributed by atoms with Crippen LogP contribution in [0.5, 0.6) is 5.75 Å². The number of para-hydroxylation sites is 1. The van der Waals surface area contributed by atoms with E-state index in [1.807, 2.05) is 37.3 Å². The Hall–Kier alpha value is -3.78. The molecule has 0 N–H and O–H groups in total. The number of amides is 2. The van der Waals surface area contributed by atoms with Crippen LogP contribution < -0.4 is 14.7 Å². The summed E-state index contributed by atoms with van der Waals surface area (Å²) in [5.41, 5.74) is 1.90. The van der Waals surface area contributed by atoms with E-state index in [0.29, 0.717) is 45.3 Å². The molecule has 0 unspecified atom stereocenters. The summed E-state index contributed by atoms with van der Waals surface area (Å²) in [6.07, 6.45) is -0.123. The number of furan rings is 1. The first-order chi connectivity index (χ1) is 19.0. The van der Waals surface area contributed by atoms with Gasteiger partial charge in [-0.3, -0.25) is 14.4 Å². The summed E-state index contributed by atoms with van der Waals surface area (Å²) in [6.45, 7) is 2.61. The maximum Gasteiger partial charge on any atom is 0.266 e. The SMILES string of the molecule is CCCOc1ccc(N2C(=O)[C@@H]3[C@@H](c4ccc(-c5ccc(Cl)c(Cl)c5)o4)N(c4ccccc4)O[C@H]3C2=O)cc1. The molecule has 198 valence electrons. The highest BCUT2D eigenvalue weighted by Gasteiger charge is 2.61. The number of hydrogen-bond acceptors (Lipinski definition) is 6. The molecule has 2 aliphatic heterocycles. The molecule has 1 aromatic heterocycles. The molecule has 2 fully saturated rings. The van der Waals surface area contributed by atoms with E-state index in [9.17, 15) is 9.59 Å². The Morgan fingerprint density at radius 2 is 1.62 bits per heavy atom. The summed E-state index contributed by atoms with van der Waals surface area (Å²) in [4.78, 5) is 34.8. The Bertz CT molecular complexity index is 1520. The zero-order chi connectivity index (χ0) is 27.1. The van der Waals surface area contributed by atoms with Gasteiger partial charge in [-0.25, -0.2) is 9.96 Å². The molecule has 0 spiro atoms. The zero-order valence-electron chi connectivity index (χ0n) is 20.9. The van der Waals surface area contributed by atoms with E-state index in [1.54, 1.807) is 59.7 Å². The number of carbonyl (C=O) groups is 2. The van der Waals surface area contributed by atoms with Crippen molar-refractivity contribution in [2.45, 2.75) is 25.5 Å². The summed E-state index contributed by atoms with van der Waals surface area (Å²) in [6, 6.07) is 24.4. The highest BCUT2D eigenvalue weighted by molar-refractivity contribution is 6.42. The van der Waals surface area contributed by atoms with Crippen LogP contribution in [0.1, 0.15) is 25.1 Å². The lowest BCUT2D eigenvalue weighted by Gasteiger charge is -2.27. The van der Waals surface area contributed by atoms with E-state index >= 15 is 0 Å². The molecule has 4 aromatic rings. The molecule has 2 amide bonds. The van der Waals surface area contributed by atoms with E-state index in [1.165, 1.54) is 4.90 Å². The number of anilines is 2. The van der Waals surface area contributed by atoms with Crippen molar-refractivity contribution in [3.8, 4) is 17.1 Å². The first kappa shape index (κ1) is 25.5. The van der Waals surface area contributed by atoms with Crippen LogP contribution in [0, 0.1) is 5.92 Å². The van der Waals surface area contributed by atoms with Crippen LogP contribution in [-0.4, -0.2) is 24.5 Å². The van der Waals surface area contributed by atoms with E-state index in [4.69, 9.17) is 37.2 Å². The molecule has 0 bridgehead atoms. The van der Waals surface area contributed by atoms with Crippen LogP contribution in [0.4, 0.5) is 11.4 Å². The van der Waals surface area contributed by atoms with Crippen molar-refractivity contribution >= 4 is 46.4 Å². The van der Waals surface area contributed by atoms with Crippen molar-refractivity contribution in [2.75, 3.05) is 16.6 Å². The van der Waals surface area contributed by atoms with Gasteiger partial charge in [-0.05, 0) is 73.2 Å². The van der Waals surface area contributed by atoms with Crippen LogP contribution >= 0.6 is 23.2 Å². The molecule has 7 nitrogen and oxygen atoms in total. The number of hydrogen-bond donors (Lipinski definition) is 0. The minimum atomic E-state index is -1.00. The quantitative estimate of drug-likeness (QED) is 0.224. The maximum absolute atomic E-state index is 13.9. The number of ether oxygens (including phenoxy) is 1. The fourth-order valence-electron chi connectivity index (χ4n) is 4.98. The highest BCUT2D eigenvalue weighted by Crippen LogP contribution is 2.48. The second-order valence-electron chi connectivity index (χ2n) is 9.34. The third-order valence-electron chi connectivity index (χ3n) is 6.82. The molecular formula is C30H24Cl2N2O5. The van der Waals surface area contributed by atoms with Gasteiger partial charge >= 0.3 is 0 Å². The van der Waals surface area contributed by atoms with Crippen LogP contribution in [0.25, 0.3) is 11.3 Å². The standard InChI is InChI=1S/C30H24Cl2N2O5/c1-2-16-37-21-11-9-19(10-12-21)33-29(35)26-27(34(39-28(26)30(33)36)20-6-4-3-5-7-20)25-15-14-24(38-25)18-8-13-22(31)23(32)17-18/h3-15,17,26-28H,2,16H2,1H3/t26-,27-,28-/m1/s1. The molecule has 2 aliphatic rings. The normalized spacial score (nSPS) is 20.5. The molecule has 3 heterocycles.